The van der Waals surface area contributed by atoms with E-state index in [1.165, 1.54) is 11.1 Å². The van der Waals surface area contributed by atoms with E-state index in [4.69, 9.17) is 0 Å². The van der Waals surface area contributed by atoms with Crippen LogP contribution in [-0.2, 0) is 13.1 Å². The predicted octanol–water partition coefficient (Wildman–Crippen LogP) is 2.85. The molecule has 5 nitrogen and oxygen atoms in total. The maximum Gasteiger partial charge on any atom is 0.191 e. The molecule has 0 radical (unpaired) electrons. The fourth-order valence-corrected chi connectivity index (χ4v) is 3.11. The molecule has 2 N–H and O–H groups in total. The Bertz CT molecular complexity index is 760. The second-order valence-electron chi connectivity index (χ2n) is 5.26. The predicted molar refractivity (Wildman–Crippen MR) is 96.9 cm³/mol. The molecule has 0 amide bonds. The Labute approximate surface area is 140 Å². The standard InChI is InChI=1S/C17H21N5S/c1-18-17(20-11-14-7-10-23-12-14)19-8-4-9-22-13-21-15-5-2-3-6-16(15)22/h2-3,5-7,10,12-13H,4,8-9,11H2,1H3,(H2,18,19,20). The highest BCUT2D eigenvalue weighted by Crippen LogP contribution is 2.11. The molecule has 120 valence electrons. The zero-order valence-electron chi connectivity index (χ0n) is 13.2. The lowest BCUT2D eigenvalue weighted by atomic mass is 10.3. The summed E-state index contributed by atoms with van der Waals surface area (Å²) in [4.78, 5) is 8.66. The van der Waals surface area contributed by atoms with Crippen molar-refractivity contribution in [3.8, 4) is 0 Å². The smallest absolute Gasteiger partial charge is 0.191 e. The molecule has 0 saturated heterocycles. The van der Waals surface area contributed by atoms with Gasteiger partial charge in [-0.1, -0.05) is 12.1 Å². The van der Waals surface area contributed by atoms with E-state index in [2.05, 4.69) is 54.1 Å². The lowest BCUT2D eigenvalue weighted by Crippen LogP contribution is -2.37. The van der Waals surface area contributed by atoms with Gasteiger partial charge >= 0.3 is 0 Å². The van der Waals surface area contributed by atoms with E-state index in [1.54, 1.807) is 18.4 Å². The summed E-state index contributed by atoms with van der Waals surface area (Å²) in [6.07, 6.45) is 2.92. The summed E-state index contributed by atoms with van der Waals surface area (Å²) in [6, 6.07) is 10.3. The summed E-state index contributed by atoms with van der Waals surface area (Å²) < 4.78 is 2.19. The number of aliphatic imine (C=N–C) groups is 1. The first-order valence-electron chi connectivity index (χ1n) is 7.72. The molecule has 0 unspecified atom stereocenters. The van der Waals surface area contributed by atoms with E-state index < -0.39 is 0 Å². The normalized spacial score (nSPS) is 11.8. The number of nitrogens with zero attached hydrogens (tertiary/aromatic N) is 3. The van der Waals surface area contributed by atoms with Gasteiger partial charge in [-0.3, -0.25) is 4.99 Å². The number of rotatable bonds is 6. The second kappa shape index (κ2) is 7.78. The number of benzene rings is 1. The van der Waals surface area contributed by atoms with Crippen LogP contribution in [0.15, 0.2) is 52.4 Å². The van der Waals surface area contributed by atoms with E-state index in [1.807, 2.05) is 18.5 Å². The quantitative estimate of drug-likeness (QED) is 0.416. The van der Waals surface area contributed by atoms with E-state index in [-0.39, 0.29) is 0 Å². The average molecular weight is 327 g/mol. The second-order valence-corrected chi connectivity index (χ2v) is 6.04. The van der Waals surface area contributed by atoms with Crippen LogP contribution in [0.1, 0.15) is 12.0 Å². The highest BCUT2D eigenvalue weighted by Gasteiger charge is 2.02. The van der Waals surface area contributed by atoms with Crippen LogP contribution in [0, 0.1) is 0 Å². The Kier molecular flexibility index (Phi) is 5.26. The van der Waals surface area contributed by atoms with Gasteiger partial charge in [0.1, 0.15) is 0 Å². The number of guanidine groups is 1. The van der Waals surface area contributed by atoms with Crippen LogP contribution in [0.4, 0.5) is 0 Å². The van der Waals surface area contributed by atoms with Gasteiger partial charge in [-0.05, 0) is 40.9 Å². The lowest BCUT2D eigenvalue weighted by Gasteiger charge is -2.11. The van der Waals surface area contributed by atoms with E-state index in [9.17, 15) is 0 Å². The number of aromatic nitrogens is 2. The van der Waals surface area contributed by atoms with Crippen molar-refractivity contribution in [2.45, 2.75) is 19.5 Å². The number of nitrogens with one attached hydrogen (secondary N) is 2. The first-order valence-corrected chi connectivity index (χ1v) is 8.66. The van der Waals surface area contributed by atoms with Gasteiger partial charge in [-0.15, -0.1) is 0 Å². The van der Waals surface area contributed by atoms with Crippen LogP contribution in [0.3, 0.4) is 0 Å². The molecule has 0 bridgehead atoms. The van der Waals surface area contributed by atoms with Crippen LogP contribution < -0.4 is 10.6 Å². The molecule has 2 heterocycles. The van der Waals surface area contributed by atoms with Gasteiger partial charge in [0.05, 0.1) is 17.4 Å². The Balaban J connectivity index is 1.43. The lowest BCUT2D eigenvalue weighted by molar-refractivity contribution is 0.637. The fraction of sp³-hybridized carbons (Fsp3) is 0.294. The molecule has 0 saturated carbocycles. The summed E-state index contributed by atoms with van der Waals surface area (Å²) in [5.74, 6) is 0.840. The molecule has 0 aliphatic heterocycles. The van der Waals surface area contributed by atoms with Crippen molar-refractivity contribution in [1.29, 1.82) is 0 Å². The molecule has 6 heteroatoms. The molecule has 0 fully saturated rings. The third kappa shape index (κ3) is 4.10. The minimum Gasteiger partial charge on any atom is -0.356 e. The van der Waals surface area contributed by atoms with Gasteiger partial charge in [-0.2, -0.15) is 11.3 Å². The minimum atomic E-state index is 0.801. The molecule has 3 rings (SSSR count). The summed E-state index contributed by atoms with van der Waals surface area (Å²) in [5.41, 5.74) is 3.52. The maximum absolute atomic E-state index is 4.41. The number of aryl methyl sites for hydroxylation is 1. The third-order valence-corrected chi connectivity index (χ3v) is 4.39. The maximum atomic E-state index is 4.41. The molecule has 0 aliphatic carbocycles. The van der Waals surface area contributed by atoms with Gasteiger partial charge in [-0.25, -0.2) is 4.98 Å². The van der Waals surface area contributed by atoms with E-state index >= 15 is 0 Å². The number of hydrogen-bond donors (Lipinski definition) is 2. The summed E-state index contributed by atoms with van der Waals surface area (Å²) in [7, 11) is 1.80. The van der Waals surface area contributed by atoms with Crippen LogP contribution in [-0.4, -0.2) is 29.1 Å². The van der Waals surface area contributed by atoms with Gasteiger partial charge in [0.15, 0.2) is 5.96 Å². The molecule has 0 spiro atoms. The molecule has 23 heavy (non-hydrogen) atoms. The van der Waals surface area contributed by atoms with Crippen molar-refractivity contribution < 1.29 is 0 Å². The van der Waals surface area contributed by atoms with E-state index in [0.29, 0.717) is 0 Å². The van der Waals surface area contributed by atoms with Crippen molar-refractivity contribution in [3.63, 3.8) is 0 Å². The highest BCUT2D eigenvalue weighted by atomic mass is 32.1. The van der Waals surface area contributed by atoms with Crippen molar-refractivity contribution in [2.24, 2.45) is 4.99 Å². The summed E-state index contributed by atoms with van der Waals surface area (Å²) in [6.45, 7) is 2.61. The van der Waals surface area contributed by atoms with Crippen molar-refractivity contribution >= 4 is 28.3 Å². The van der Waals surface area contributed by atoms with Gasteiger partial charge in [0, 0.05) is 26.7 Å². The van der Waals surface area contributed by atoms with E-state index in [0.717, 1.165) is 37.5 Å². The zero-order chi connectivity index (χ0) is 15.9. The number of fused-ring (bicyclic) bond motifs is 1. The molecule has 0 atom stereocenters. The van der Waals surface area contributed by atoms with Crippen LogP contribution in [0.2, 0.25) is 0 Å². The molecular formula is C17H21N5S. The number of thiophene rings is 1. The highest BCUT2D eigenvalue weighted by molar-refractivity contribution is 7.07. The average Bonchev–Trinajstić information content (AvgIpc) is 3.24. The summed E-state index contributed by atoms with van der Waals surface area (Å²) in [5, 5.41) is 10.9. The Morgan fingerprint density at radius 1 is 1.26 bits per heavy atom. The Morgan fingerprint density at radius 3 is 3.00 bits per heavy atom. The largest absolute Gasteiger partial charge is 0.356 e. The van der Waals surface area contributed by atoms with Crippen LogP contribution in [0.5, 0.6) is 0 Å². The first kappa shape index (κ1) is 15.6. The SMILES string of the molecule is CN=C(NCCCn1cnc2ccccc21)NCc1ccsc1. The van der Waals surface area contributed by atoms with Gasteiger partial charge < -0.3 is 15.2 Å². The van der Waals surface area contributed by atoms with Crippen molar-refractivity contribution in [3.05, 3.63) is 53.0 Å². The number of imidazole rings is 1. The van der Waals surface area contributed by atoms with Gasteiger partial charge in [0.2, 0.25) is 0 Å². The topological polar surface area (TPSA) is 54.2 Å². The van der Waals surface area contributed by atoms with Crippen molar-refractivity contribution in [2.75, 3.05) is 13.6 Å². The first-order chi connectivity index (χ1) is 11.4. The molecule has 1 aromatic carbocycles. The molecule has 3 aromatic rings. The van der Waals surface area contributed by atoms with Crippen LogP contribution >= 0.6 is 11.3 Å². The van der Waals surface area contributed by atoms with Crippen molar-refractivity contribution in [1.82, 2.24) is 20.2 Å². The zero-order valence-corrected chi connectivity index (χ0v) is 14.0. The molecule has 0 aliphatic rings. The van der Waals surface area contributed by atoms with Gasteiger partial charge in [0.25, 0.3) is 0 Å². The third-order valence-electron chi connectivity index (χ3n) is 3.66. The number of para-hydroxylation sites is 2. The summed E-state index contributed by atoms with van der Waals surface area (Å²) >= 11 is 1.71. The van der Waals surface area contributed by atoms with Crippen LogP contribution in [0.25, 0.3) is 11.0 Å². The number of hydrogen-bond acceptors (Lipinski definition) is 3. The molecule has 2 aromatic heterocycles. The minimum absolute atomic E-state index is 0.801. The fourth-order valence-electron chi connectivity index (χ4n) is 2.44. The Hall–Kier alpha value is -2.34. The molecular weight excluding hydrogens is 306 g/mol. The monoisotopic (exact) mass is 327 g/mol. The Morgan fingerprint density at radius 2 is 2.17 bits per heavy atom.